The van der Waals surface area contributed by atoms with Gasteiger partial charge in [0.25, 0.3) is 0 Å². The molecule has 102 valence electrons. The summed E-state index contributed by atoms with van der Waals surface area (Å²) in [5.41, 5.74) is 0.954. The quantitative estimate of drug-likeness (QED) is 0.402. The Bertz CT molecular complexity index is 481. The Kier molecular flexibility index (Phi) is 8.56. The zero-order chi connectivity index (χ0) is 14.3. The molecular weight excluding hydrogens is 382 g/mol. The van der Waals surface area contributed by atoms with Crippen LogP contribution in [-0.4, -0.2) is 14.2 Å². The van der Waals surface area contributed by atoms with E-state index >= 15 is 0 Å². The predicted octanol–water partition coefficient (Wildman–Crippen LogP) is 5.19. The van der Waals surface area contributed by atoms with Crippen LogP contribution in [0.5, 0.6) is 0 Å². The molecule has 0 aliphatic rings. The molecule has 0 aliphatic carbocycles. The summed E-state index contributed by atoms with van der Waals surface area (Å²) >= 11 is 15.2. The molecule has 1 rings (SSSR count). The molecule has 0 N–H and O–H groups in total. The molecule has 0 aromatic heterocycles. The topological polar surface area (TPSA) is 34.1 Å². The molecule has 0 saturated carbocycles. The molecule has 0 bridgehead atoms. The number of hydrogen-bond acceptors (Lipinski definition) is 2. The summed E-state index contributed by atoms with van der Waals surface area (Å²) in [6.45, 7) is 5.18. The Labute approximate surface area is 130 Å². The van der Waals surface area contributed by atoms with E-state index in [1.165, 1.54) is 6.08 Å². The van der Waals surface area contributed by atoms with Crippen molar-refractivity contribution in [3.05, 3.63) is 46.5 Å². The fourth-order valence-corrected chi connectivity index (χ4v) is 3.06. The van der Waals surface area contributed by atoms with Crippen LogP contribution in [0.4, 0.5) is 0 Å². The second-order valence-electron chi connectivity index (χ2n) is 3.25. The fourth-order valence-electron chi connectivity index (χ4n) is 1.03. The molecule has 1 unspecified atom stereocenters. The highest BCUT2D eigenvalue weighted by Gasteiger charge is 2.09. The summed E-state index contributed by atoms with van der Waals surface area (Å²) in [6, 6.07) is 5.50. The van der Waals surface area contributed by atoms with E-state index in [1.54, 1.807) is 0 Å². The van der Waals surface area contributed by atoms with Gasteiger partial charge < -0.3 is 0 Å². The SMILES string of the molecule is C=CCS(=O)(=O)Cl.CC(Br)c1c(Cl)cccc1Cl. The molecule has 1 aromatic carbocycles. The first-order chi connectivity index (χ1) is 8.19. The van der Waals surface area contributed by atoms with Crippen LogP contribution in [-0.2, 0) is 9.05 Å². The minimum Gasteiger partial charge on any atom is -0.212 e. The van der Waals surface area contributed by atoms with Crippen LogP contribution in [0.1, 0.15) is 17.3 Å². The number of alkyl halides is 1. The van der Waals surface area contributed by atoms with Crippen molar-refractivity contribution in [2.75, 3.05) is 5.75 Å². The summed E-state index contributed by atoms with van der Waals surface area (Å²) in [4.78, 5) is 0.198. The molecule has 0 fully saturated rings. The first-order valence-corrected chi connectivity index (χ1v) is 8.95. The maximum absolute atomic E-state index is 9.93. The van der Waals surface area contributed by atoms with Crippen LogP contribution >= 0.6 is 49.8 Å². The lowest BCUT2D eigenvalue weighted by Gasteiger charge is -2.07. The van der Waals surface area contributed by atoms with E-state index in [1.807, 2.05) is 25.1 Å². The molecule has 7 heteroatoms. The zero-order valence-electron chi connectivity index (χ0n) is 9.54. The summed E-state index contributed by atoms with van der Waals surface area (Å²) in [5, 5.41) is 1.42. The molecule has 0 spiro atoms. The molecule has 18 heavy (non-hydrogen) atoms. The first-order valence-electron chi connectivity index (χ1n) is 4.80. The zero-order valence-corrected chi connectivity index (χ0v) is 14.2. The second-order valence-corrected chi connectivity index (χ2v) is 8.26. The largest absolute Gasteiger partial charge is 0.236 e. The first kappa shape index (κ1) is 18.3. The lowest BCUT2D eigenvalue weighted by Crippen LogP contribution is -1.90. The average molecular weight is 395 g/mol. The molecule has 0 amide bonds. The van der Waals surface area contributed by atoms with E-state index in [-0.39, 0.29) is 10.6 Å². The van der Waals surface area contributed by atoms with Crippen molar-refractivity contribution in [1.29, 1.82) is 0 Å². The maximum atomic E-state index is 9.93. The van der Waals surface area contributed by atoms with Crippen molar-refractivity contribution < 1.29 is 8.42 Å². The molecule has 0 heterocycles. The van der Waals surface area contributed by atoms with Gasteiger partial charge in [-0.05, 0) is 19.1 Å². The highest BCUT2D eigenvalue weighted by molar-refractivity contribution is 9.09. The third-order valence-electron chi connectivity index (χ3n) is 1.71. The lowest BCUT2D eigenvalue weighted by molar-refractivity contribution is 0.612. The number of benzene rings is 1. The van der Waals surface area contributed by atoms with Crippen molar-refractivity contribution in [2.24, 2.45) is 0 Å². The van der Waals surface area contributed by atoms with Crippen LogP contribution in [0.3, 0.4) is 0 Å². The van der Waals surface area contributed by atoms with Crippen molar-refractivity contribution in [3.63, 3.8) is 0 Å². The van der Waals surface area contributed by atoms with E-state index in [4.69, 9.17) is 33.9 Å². The van der Waals surface area contributed by atoms with Gasteiger partial charge >= 0.3 is 0 Å². The van der Waals surface area contributed by atoms with E-state index in [0.717, 1.165) is 5.56 Å². The van der Waals surface area contributed by atoms with E-state index in [9.17, 15) is 8.42 Å². The number of halogens is 4. The highest BCUT2D eigenvalue weighted by Crippen LogP contribution is 2.34. The van der Waals surface area contributed by atoms with Gasteiger partial charge in [0.15, 0.2) is 0 Å². The van der Waals surface area contributed by atoms with E-state index < -0.39 is 9.05 Å². The average Bonchev–Trinajstić information content (AvgIpc) is 2.15. The minimum absolute atomic E-state index is 0.158. The number of hydrogen-bond donors (Lipinski definition) is 0. The van der Waals surface area contributed by atoms with Gasteiger partial charge in [-0.1, -0.05) is 51.3 Å². The van der Waals surface area contributed by atoms with Crippen LogP contribution in [0.2, 0.25) is 10.0 Å². The van der Waals surface area contributed by atoms with Gasteiger partial charge in [0.2, 0.25) is 9.05 Å². The fraction of sp³-hybridized carbons (Fsp3) is 0.273. The smallest absolute Gasteiger partial charge is 0.212 e. The normalized spacial score (nSPS) is 12.3. The molecule has 0 saturated heterocycles. The summed E-state index contributed by atoms with van der Waals surface area (Å²) in [5.74, 6) is -0.158. The predicted molar refractivity (Wildman–Crippen MR) is 83.6 cm³/mol. The van der Waals surface area contributed by atoms with Gasteiger partial charge in [0, 0.05) is 31.1 Å². The Balaban J connectivity index is 0.000000360. The molecule has 1 atom stereocenters. The Morgan fingerprint density at radius 2 is 1.83 bits per heavy atom. The van der Waals surface area contributed by atoms with E-state index in [0.29, 0.717) is 10.0 Å². The molecular formula is C11H12BrCl3O2S. The Morgan fingerprint density at radius 3 is 2.00 bits per heavy atom. The van der Waals surface area contributed by atoms with Gasteiger partial charge in [0.1, 0.15) is 0 Å². The van der Waals surface area contributed by atoms with Crippen LogP contribution in [0.25, 0.3) is 0 Å². The van der Waals surface area contributed by atoms with Gasteiger partial charge in [-0.2, -0.15) is 0 Å². The standard InChI is InChI=1S/C8H7BrCl2.C3H5ClO2S/c1-5(9)8-6(10)3-2-4-7(8)11;1-2-3-7(4,5)6/h2-5H,1H3;2H,1,3H2. The molecule has 0 radical (unpaired) electrons. The monoisotopic (exact) mass is 392 g/mol. The van der Waals surface area contributed by atoms with Gasteiger partial charge in [0.05, 0.1) is 5.75 Å². The lowest BCUT2D eigenvalue weighted by atomic mass is 10.2. The van der Waals surface area contributed by atoms with Crippen LogP contribution in [0.15, 0.2) is 30.9 Å². The maximum Gasteiger partial charge on any atom is 0.236 e. The molecule has 0 aliphatic heterocycles. The third kappa shape index (κ3) is 7.64. The van der Waals surface area contributed by atoms with Crippen LogP contribution in [0, 0.1) is 0 Å². The van der Waals surface area contributed by atoms with Crippen molar-refractivity contribution in [1.82, 2.24) is 0 Å². The number of rotatable bonds is 3. The van der Waals surface area contributed by atoms with Crippen LogP contribution < -0.4 is 0 Å². The van der Waals surface area contributed by atoms with Gasteiger partial charge in [-0.25, -0.2) is 8.42 Å². The summed E-state index contributed by atoms with van der Waals surface area (Å²) in [7, 11) is 1.41. The van der Waals surface area contributed by atoms with Gasteiger partial charge in [-0.15, -0.1) is 6.58 Å². The summed E-state index contributed by atoms with van der Waals surface area (Å²) < 4.78 is 19.9. The van der Waals surface area contributed by atoms with Crippen molar-refractivity contribution in [3.8, 4) is 0 Å². The highest BCUT2D eigenvalue weighted by atomic mass is 79.9. The Hall–Kier alpha value is 0.260. The second kappa shape index (κ2) is 8.43. The molecule has 2 nitrogen and oxygen atoms in total. The summed E-state index contributed by atoms with van der Waals surface area (Å²) in [6.07, 6.45) is 1.24. The van der Waals surface area contributed by atoms with Crippen molar-refractivity contribution >= 4 is 58.9 Å². The molecule has 1 aromatic rings. The van der Waals surface area contributed by atoms with E-state index in [2.05, 4.69) is 22.5 Å². The van der Waals surface area contributed by atoms with Crippen molar-refractivity contribution in [2.45, 2.75) is 11.8 Å². The Morgan fingerprint density at radius 1 is 1.39 bits per heavy atom. The van der Waals surface area contributed by atoms with Gasteiger partial charge in [-0.3, -0.25) is 0 Å². The third-order valence-corrected chi connectivity index (χ3v) is 3.84. The minimum atomic E-state index is -3.32.